The van der Waals surface area contributed by atoms with Gasteiger partial charge in [-0.3, -0.25) is 9.59 Å². The lowest BCUT2D eigenvalue weighted by Crippen LogP contribution is -2.55. The van der Waals surface area contributed by atoms with Crippen molar-refractivity contribution in [2.24, 2.45) is 11.8 Å². The molecule has 1 aliphatic heterocycles. The van der Waals surface area contributed by atoms with Gasteiger partial charge in [0.25, 0.3) is 0 Å². The summed E-state index contributed by atoms with van der Waals surface area (Å²) in [5.74, 6) is 0.408. The van der Waals surface area contributed by atoms with E-state index in [-0.39, 0.29) is 18.5 Å². The highest BCUT2D eigenvalue weighted by Crippen LogP contribution is 2.44. The first-order valence-electron chi connectivity index (χ1n) is 7.82. The Kier molecular flexibility index (Phi) is 4.19. The molecule has 2 saturated carbocycles. The molecule has 0 aromatic heterocycles. The first kappa shape index (κ1) is 15.1. The molecule has 0 radical (unpaired) electrons. The number of aliphatic hydroxyl groups excluding tert-OH is 1. The normalized spacial score (nSPS) is 34.0. The van der Waals surface area contributed by atoms with Crippen LogP contribution in [0.5, 0.6) is 0 Å². The smallest absolute Gasteiger partial charge is 0.315 e. The molecule has 8 heteroatoms. The van der Waals surface area contributed by atoms with E-state index < -0.39 is 30.6 Å². The average molecular weight is 310 g/mol. The maximum atomic E-state index is 12.2. The van der Waals surface area contributed by atoms with E-state index in [9.17, 15) is 19.5 Å². The molecule has 1 saturated heterocycles. The average Bonchev–Trinajstić information content (AvgIpc) is 3.20. The molecule has 0 aromatic rings. The Morgan fingerprint density at radius 1 is 1.32 bits per heavy atom. The Morgan fingerprint density at radius 3 is 2.68 bits per heavy atom. The molecule has 3 rings (SSSR count). The van der Waals surface area contributed by atoms with Crippen LogP contribution >= 0.6 is 0 Å². The molecule has 8 nitrogen and oxygen atoms in total. The summed E-state index contributed by atoms with van der Waals surface area (Å²) in [6, 6.07) is -1.95. The Labute approximate surface area is 128 Å². The number of hydrogen-bond acceptors (Lipinski definition) is 4. The highest BCUT2D eigenvalue weighted by Gasteiger charge is 2.41. The molecule has 1 heterocycles. The predicted molar refractivity (Wildman–Crippen MR) is 76.7 cm³/mol. The van der Waals surface area contributed by atoms with Gasteiger partial charge in [-0.2, -0.15) is 0 Å². The van der Waals surface area contributed by atoms with Crippen molar-refractivity contribution in [1.29, 1.82) is 0 Å². The van der Waals surface area contributed by atoms with Crippen molar-refractivity contribution in [3.05, 3.63) is 0 Å². The van der Waals surface area contributed by atoms with Gasteiger partial charge in [0.1, 0.15) is 12.1 Å². The van der Waals surface area contributed by atoms with Crippen LogP contribution in [0.25, 0.3) is 0 Å². The van der Waals surface area contributed by atoms with E-state index >= 15 is 0 Å². The van der Waals surface area contributed by atoms with Gasteiger partial charge in [-0.15, -0.1) is 0 Å². The first-order chi connectivity index (χ1) is 10.6. The fourth-order valence-corrected chi connectivity index (χ4v) is 3.78. The summed E-state index contributed by atoms with van der Waals surface area (Å²) >= 11 is 0. The lowest BCUT2D eigenvalue weighted by molar-refractivity contribution is -0.131. The first-order valence-corrected chi connectivity index (χ1v) is 7.82. The van der Waals surface area contributed by atoms with Gasteiger partial charge in [-0.25, -0.2) is 4.79 Å². The van der Waals surface area contributed by atoms with Gasteiger partial charge in [0.05, 0.1) is 6.61 Å². The van der Waals surface area contributed by atoms with Crippen molar-refractivity contribution in [3.8, 4) is 0 Å². The Morgan fingerprint density at radius 2 is 2.14 bits per heavy atom. The molecule has 2 bridgehead atoms. The largest absolute Gasteiger partial charge is 0.394 e. The Balaban J connectivity index is 1.51. The van der Waals surface area contributed by atoms with Gasteiger partial charge >= 0.3 is 6.03 Å². The van der Waals surface area contributed by atoms with E-state index in [1.54, 1.807) is 0 Å². The van der Waals surface area contributed by atoms with Crippen molar-refractivity contribution in [2.45, 2.75) is 43.8 Å². The van der Waals surface area contributed by atoms with Crippen LogP contribution in [0.4, 0.5) is 4.79 Å². The number of aliphatic hydroxyl groups is 1. The van der Waals surface area contributed by atoms with Crippen LogP contribution in [0.1, 0.15) is 25.7 Å². The van der Waals surface area contributed by atoms with Crippen LogP contribution in [0.3, 0.4) is 0 Å². The van der Waals surface area contributed by atoms with E-state index in [1.165, 1.54) is 12.8 Å². The number of urea groups is 1. The summed E-state index contributed by atoms with van der Waals surface area (Å²) in [5.41, 5.74) is 0. The highest BCUT2D eigenvalue weighted by molar-refractivity contribution is 5.93. The van der Waals surface area contributed by atoms with Gasteiger partial charge in [0.2, 0.25) is 11.8 Å². The minimum atomic E-state index is -0.982. The van der Waals surface area contributed by atoms with Crippen LogP contribution in [0, 0.1) is 11.8 Å². The highest BCUT2D eigenvalue weighted by atomic mass is 16.3. The molecule has 3 fully saturated rings. The van der Waals surface area contributed by atoms with Crippen molar-refractivity contribution in [3.63, 3.8) is 0 Å². The summed E-state index contributed by atoms with van der Waals surface area (Å²) in [4.78, 5) is 35.2. The molecule has 122 valence electrons. The van der Waals surface area contributed by atoms with Gasteiger partial charge in [0, 0.05) is 12.6 Å². The number of hydrogen-bond donors (Lipinski definition) is 5. The second kappa shape index (κ2) is 6.12. The van der Waals surface area contributed by atoms with E-state index in [4.69, 9.17) is 0 Å². The molecule has 0 spiro atoms. The topological polar surface area (TPSA) is 120 Å². The lowest BCUT2D eigenvalue weighted by atomic mass is 9.95. The standard InChI is InChI=1S/C14H22N4O4/c19-6-11(17-12(20)10-5-15-14(22)18-10)13(21)16-9-4-7-1-2-8(9)3-7/h7-11,19H,1-6H2,(H,16,21)(H,17,20)(H2,15,18,22)/t7?,8?,9?,10?,11-/m0/s1. The molecule has 22 heavy (non-hydrogen) atoms. The molecule has 5 N–H and O–H groups in total. The van der Waals surface area contributed by atoms with Crippen molar-refractivity contribution in [1.82, 2.24) is 21.3 Å². The van der Waals surface area contributed by atoms with E-state index in [0.717, 1.165) is 12.8 Å². The second-order valence-electron chi connectivity index (χ2n) is 6.44. The minimum absolute atomic E-state index is 0.157. The molecule has 4 amide bonds. The summed E-state index contributed by atoms with van der Waals surface area (Å²) in [7, 11) is 0. The fourth-order valence-electron chi connectivity index (χ4n) is 3.78. The second-order valence-corrected chi connectivity index (χ2v) is 6.44. The van der Waals surface area contributed by atoms with Crippen molar-refractivity contribution in [2.75, 3.05) is 13.2 Å². The van der Waals surface area contributed by atoms with Gasteiger partial charge in [-0.1, -0.05) is 6.42 Å². The number of amides is 4. The summed E-state index contributed by atoms with van der Waals surface area (Å²) < 4.78 is 0. The van der Waals surface area contributed by atoms with Crippen LogP contribution < -0.4 is 21.3 Å². The lowest BCUT2D eigenvalue weighted by Gasteiger charge is -2.25. The van der Waals surface area contributed by atoms with Crippen molar-refractivity contribution >= 4 is 17.8 Å². The van der Waals surface area contributed by atoms with Gasteiger partial charge in [0.15, 0.2) is 0 Å². The molecular formula is C14H22N4O4. The summed E-state index contributed by atoms with van der Waals surface area (Å²) in [5, 5.41) is 19.7. The van der Waals surface area contributed by atoms with Crippen LogP contribution in [0.15, 0.2) is 0 Å². The SMILES string of the molecule is O=C1NCC(C(=O)N[C@@H](CO)C(=O)NC2CC3CCC2C3)N1. The molecule has 2 aliphatic carbocycles. The number of carbonyl (C=O) groups is 3. The fraction of sp³-hybridized carbons (Fsp3) is 0.786. The summed E-state index contributed by atoms with van der Waals surface area (Å²) in [6.07, 6.45) is 4.54. The van der Waals surface area contributed by atoms with Crippen LogP contribution in [0.2, 0.25) is 0 Å². The number of nitrogens with one attached hydrogen (secondary N) is 4. The quantitative estimate of drug-likeness (QED) is 0.422. The molecule has 5 atom stereocenters. The molecule has 3 aliphatic rings. The monoisotopic (exact) mass is 310 g/mol. The zero-order valence-electron chi connectivity index (χ0n) is 12.3. The number of rotatable bonds is 5. The molecular weight excluding hydrogens is 288 g/mol. The van der Waals surface area contributed by atoms with Crippen molar-refractivity contribution < 1.29 is 19.5 Å². The van der Waals surface area contributed by atoms with Gasteiger partial charge < -0.3 is 26.4 Å². The third kappa shape index (κ3) is 3.01. The minimum Gasteiger partial charge on any atom is -0.394 e. The number of carbonyl (C=O) groups excluding carboxylic acids is 3. The Hall–Kier alpha value is -1.83. The third-order valence-electron chi connectivity index (χ3n) is 4.97. The van der Waals surface area contributed by atoms with Crippen LogP contribution in [-0.2, 0) is 9.59 Å². The van der Waals surface area contributed by atoms with Gasteiger partial charge in [-0.05, 0) is 31.1 Å². The van der Waals surface area contributed by atoms with E-state index in [2.05, 4.69) is 21.3 Å². The Bertz CT molecular complexity index is 483. The zero-order chi connectivity index (χ0) is 15.7. The molecule has 4 unspecified atom stereocenters. The maximum Gasteiger partial charge on any atom is 0.315 e. The number of fused-ring (bicyclic) bond motifs is 2. The zero-order valence-corrected chi connectivity index (χ0v) is 12.3. The van der Waals surface area contributed by atoms with E-state index in [0.29, 0.717) is 11.8 Å². The maximum absolute atomic E-state index is 12.2. The molecule has 0 aromatic carbocycles. The predicted octanol–water partition coefficient (Wildman–Crippen LogP) is -1.55. The van der Waals surface area contributed by atoms with E-state index in [1.807, 2.05) is 0 Å². The third-order valence-corrected chi connectivity index (χ3v) is 4.97. The summed E-state index contributed by atoms with van der Waals surface area (Å²) in [6.45, 7) is -0.288. The van der Waals surface area contributed by atoms with Crippen LogP contribution in [-0.4, -0.2) is 54.2 Å².